The van der Waals surface area contributed by atoms with Crippen LogP contribution in [0.25, 0.3) is 0 Å². The van der Waals surface area contributed by atoms with Crippen LogP contribution in [0.2, 0.25) is 0 Å². The highest BCUT2D eigenvalue weighted by Crippen LogP contribution is 2.23. The second-order valence-corrected chi connectivity index (χ2v) is 5.89. The normalized spacial score (nSPS) is 12.7. The first-order valence-corrected chi connectivity index (χ1v) is 6.86. The van der Waals surface area contributed by atoms with E-state index in [-0.39, 0.29) is 9.37 Å². The minimum atomic E-state index is -4.60. The Morgan fingerprint density at radius 1 is 1.39 bits per heavy atom. The Hall–Kier alpha value is -0.640. The van der Waals surface area contributed by atoms with E-state index < -0.39 is 22.8 Å². The van der Waals surface area contributed by atoms with Gasteiger partial charge in [-0.2, -0.15) is 13.2 Å². The van der Waals surface area contributed by atoms with Gasteiger partial charge in [-0.05, 0) is 40.5 Å². The summed E-state index contributed by atoms with van der Waals surface area (Å²) < 4.78 is 58.9. The molecular formula is C9H9BrF3NO3S. The third kappa shape index (κ3) is 4.56. The number of hydrogen-bond donors (Lipinski definition) is 1. The zero-order valence-electron chi connectivity index (χ0n) is 9.08. The van der Waals surface area contributed by atoms with Crippen LogP contribution in [0, 0.1) is 6.92 Å². The molecule has 0 saturated heterocycles. The fourth-order valence-corrected chi connectivity index (χ4v) is 3.06. The summed E-state index contributed by atoms with van der Waals surface area (Å²) >= 11 is 3.02. The molecule has 0 aliphatic rings. The average molecular weight is 348 g/mol. The quantitative estimate of drug-likeness (QED) is 0.851. The summed E-state index contributed by atoms with van der Waals surface area (Å²) in [4.78, 5) is 5.13. The summed E-state index contributed by atoms with van der Waals surface area (Å²) in [6.07, 6.45) is -4.60. The van der Waals surface area contributed by atoms with Gasteiger partial charge in [0.1, 0.15) is 0 Å². The third-order valence-electron chi connectivity index (χ3n) is 1.78. The molecule has 0 atom stereocenters. The molecule has 0 aliphatic carbocycles. The Labute approximate surface area is 110 Å². The molecule has 0 aliphatic heterocycles. The zero-order valence-corrected chi connectivity index (χ0v) is 11.5. The standard InChI is InChI=1S/C9H9BrF3NO3S/c1-6-2-3-8(7(10)4-6)18(15,16)14-17-5-9(11,12)13/h2-4,14H,5H2,1H3. The molecule has 4 nitrogen and oxygen atoms in total. The van der Waals surface area contributed by atoms with Gasteiger partial charge in [-0.1, -0.05) is 11.0 Å². The van der Waals surface area contributed by atoms with Gasteiger partial charge in [-0.15, -0.1) is 0 Å². The van der Waals surface area contributed by atoms with Gasteiger partial charge in [0.15, 0.2) is 6.61 Å². The minimum absolute atomic E-state index is 0.199. The van der Waals surface area contributed by atoms with Crippen molar-refractivity contribution >= 4 is 26.0 Å². The summed E-state index contributed by atoms with van der Waals surface area (Å²) in [5, 5.41) is 0. The molecule has 0 unspecified atom stereocenters. The first-order chi connectivity index (χ1) is 8.12. The second-order valence-electron chi connectivity index (χ2n) is 3.42. The summed E-state index contributed by atoms with van der Waals surface area (Å²) in [5.74, 6) is 0. The third-order valence-corrected chi connectivity index (χ3v) is 3.97. The zero-order chi connectivity index (χ0) is 14.0. The van der Waals surface area contributed by atoms with Crippen molar-refractivity contribution in [3.05, 3.63) is 28.2 Å². The van der Waals surface area contributed by atoms with E-state index >= 15 is 0 Å². The van der Waals surface area contributed by atoms with Crippen molar-refractivity contribution in [2.45, 2.75) is 18.0 Å². The summed E-state index contributed by atoms with van der Waals surface area (Å²) in [5.41, 5.74) is 0.803. The van der Waals surface area contributed by atoms with Crippen LogP contribution in [0.3, 0.4) is 0 Å². The van der Waals surface area contributed by atoms with Crippen molar-refractivity contribution in [2.24, 2.45) is 0 Å². The van der Waals surface area contributed by atoms with E-state index in [1.165, 1.54) is 23.1 Å². The SMILES string of the molecule is Cc1ccc(S(=O)(=O)NOCC(F)(F)F)c(Br)c1. The van der Waals surface area contributed by atoms with Crippen LogP contribution in [0.15, 0.2) is 27.6 Å². The van der Waals surface area contributed by atoms with Gasteiger partial charge >= 0.3 is 6.18 Å². The number of sulfonamides is 1. The van der Waals surface area contributed by atoms with E-state index in [0.29, 0.717) is 0 Å². The van der Waals surface area contributed by atoms with E-state index in [1.54, 1.807) is 6.92 Å². The summed E-state index contributed by atoms with van der Waals surface area (Å²) in [6, 6.07) is 4.31. The molecule has 0 radical (unpaired) electrons. The van der Waals surface area contributed by atoms with Gasteiger partial charge in [0.2, 0.25) is 0 Å². The number of aryl methyl sites for hydroxylation is 1. The maximum Gasteiger partial charge on any atom is 0.413 e. The fraction of sp³-hybridized carbons (Fsp3) is 0.333. The van der Waals surface area contributed by atoms with Gasteiger partial charge in [0.25, 0.3) is 10.0 Å². The summed E-state index contributed by atoms with van der Waals surface area (Å²) in [6.45, 7) is 0.0461. The van der Waals surface area contributed by atoms with E-state index in [2.05, 4.69) is 20.8 Å². The van der Waals surface area contributed by atoms with Crippen LogP contribution in [-0.2, 0) is 14.9 Å². The Balaban J connectivity index is 2.81. The molecule has 0 fully saturated rings. The van der Waals surface area contributed by atoms with Gasteiger partial charge in [0, 0.05) is 4.47 Å². The number of hydrogen-bond acceptors (Lipinski definition) is 3. The molecule has 9 heteroatoms. The highest BCUT2D eigenvalue weighted by Gasteiger charge is 2.29. The smallest absolute Gasteiger partial charge is 0.277 e. The van der Waals surface area contributed by atoms with Gasteiger partial charge in [0.05, 0.1) is 4.90 Å². The highest BCUT2D eigenvalue weighted by atomic mass is 79.9. The molecule has 102 valence electrons. The molecule has 18 heavy (non-hydrogen) atoms. The molecule has 1 aromatic carbocycles. The Kier molecular flexibility index (Phi) is 4.76. The lowest BCUT2D eigenvalue weighted by atomic mass is 10.2. The molecule has 1 rings (SSSR count). The van der Waals surface area contributed by atoms with Crippen LogP contribution in [-0.4, -0.2) is 21.2 Å². The number of halogens is 4. The highest BCUT2D eigenvalue weighted by molar-refractivity contribution is 9.10. The van der Waals surface area contributed by atoms with Crippen LogP contribution in [0.4, 0.5) is 13.2 Å². The van der Waals surface area contributed by atoms with Crippen molar-refractivity contribution in [2.75, 3.05) is 6.61 Å². The Morgan fingerprint density at radius 3 is 2.50 bits per heavy atom. The first-order valence-electron chi connectivity index (χ1n) is 4.58. The predicted octanol–water partition coefficient (Wildman–Crippen LogP) is 2.53. The molecule has 0 aromatic heterocycles. The molecule has 0 heterocycles. The first kappa shape index (κ1) is 15.4. The maximum atomic E-state index is 11.8. The maximum absolute atomic E-state index is 11.8. The molecule has 0 bridgehead atoms. The van der Waals surface area contributed by atoms with E-state index in [4.69, 9.17) is 0 Å². The molecular weight excluding hydrogens is 339 g/mol. The van der Waals surface area contributed by atoms with Crippen molar-refractivity contribution in [3.8, 4) is 0 Å². The Morgan fingerprint density at radius 2 is 2.00 bits per heavy atom. The van der Waals surface area contributed by atoms with Crippen molar-refractivity contribution in [3.63, 3.8) is 0 Å². The predicted molar refractivity (Wildman–Crippen MR) is 61.2 cm³/mol. The molecule has 0 amide bonds. The number of benzene rings is 1. The average Bonchev–Trinajstić information content (AvgIpc) is 2.13. The van der Waals surface area contributed by atoms with E-state index in [9.17, 15) is 21.6 Å². The van der Waals surface area contributed by atoms with Gasteiger partial charge in [-0.25, -0.2) is 8.42 Å². The van der Waals surface area contributed by atoms with Crippen molar-refractivity contribution in [1.82, 2.24) is 4.89 Å². The van der Waals surface area contributed by atoms with Crippen LogP contribution in [0.5, 0.6) is 0 Å². The van der Waals surface area contributed by atoms with Crippen LogP contribution in [0.1, 0.15) is 5.56 Å². The lowest BCUT2D eigenvalue weighted by Gasteiger charge is -2.10. The van der Waals surface area contributed by atoms with Crippen molar-refractivity contribution in [1.29, 1.82) is 0 Å². The van der Waals surface area contributed by atoms with Crippen molar-refractivity contribution < 1.29 is 26.4 Å². The van der Waals surface area contributed by atoms with E-state index in [1.807, 2.05) is 0 Å². The molecule has 1 aromatic rings. The number of alkyl halides is 3. The monoisotopic (exact) mass is 347 g/mol. The molecule has 0 spiro atoms. The van der Waals surface area contributed by atoms with E-state index in [0.717, 1.165) is 5.56 Å². The fourth-order valence-electron chi connectivity index (χ4n) is 1.06. The Bertz CT molecular complexity index is 530. The molecule has 0 saturated carbocycles. The minimum Gasteiger partial charge on any atom is -0.277 e. The molecule has 1 N–H and O–H groups in total. The topological polar surface area (TPSA) is 55.4 Å². The lowest BCUT2D eigenvalue weighted by Crippen LogP contribution is -2.29. The van der Waals surface area contributed by atoms with Gasteiger partial charge in [-0.3, -0.25) is 4.84 Å². The number of rotatable bonds is 4. The lowest BCUT2D eigenvalue weighted by molar-refractivity contribution is -0.181. The largest absolute Gasteiger partial charge is 0.413 e. The van der Waals surface area contributed by atoms with Crippen LogP contribution < -0.4 is 4.89 Å². The van der Waals surface area contributed by atoms with Gasteiger partial charge < -0.3 is 0 Å². The van der Waals surface area contributed by atoms with Crippen LogP contribution >= 0.6 is 15.9 Å². The second kappa shape index (κ2) is 5.55. The summed E-state index contributed by atoms with van der Waals surface area (Å²) in [7, 11) is -4.15. The number of nitrogens with one attached hydrogen (secondary N) is 1.